The lowest BCUT2D eigenvalue weighted by Crippen LogP contribution is -2.69. The predicted molar refractivity (Wildman–Crippen MR) is 98.0 cm³/mol. The van der Waals surface area contributed by atoms with Crippen molar-refractivity contribution in [2.24, 2.45) is 0 Å². The molecule has 0 saturated carbocycles. The minimum atomic E-state index is -0.526. The first kappa shape index (κ1) is 17.5. The second kappa shape index (κ2) is 7.40. The van der Waals surface area contributed by atoms with Crippen molar-refractivity contribution >= 4 is 11.8 Å². The summed E-state index contributed by atoms with van der Waals surface area (Å²) in [4.78, 5) is 36.3. The van der Waals surface area contributed by atoms with Crippen LogP contribution in [0.5, 0.6) is 5.75 Å². The first-order valence-corrected chi connectivity index (χ1v) is 9.07. The first-order valence-electron chi connectivity index (χ1n) is 9.07. The molecule has 2 atom stereocenters. The summed E-state index contributed by atoms with van der Waals surface area (Å²) in [6, 6.07) is 6.96. The van der Waals surface area contributed by atoms with Gasteiger partial charge in [-0.2, -0.15) is 0 Å². The van der Waals surface area contributed by atoms with Crippen molar-refractivity contribution in [1.82, 2.24) is 25.1 Å². The second-order valence-electron chi connectivity index (χ2n) is 6.97. The van der Waals surface area contributed by atoms with E-state index in [0.29, 0.717) is 19.5 Å². The number of nitrogens with zero attached hydrogens (tertiary/aromatic N) is 3. The zero-order valence-electron chi connectivity index (χ0n) is 15.2. The molecule has 0 radical (unpaired) electrons. The number of methoxy groups -OCH3 is 1. The summed E-state index contributed by atoms with van der Waals surface area (Å²) in [7, 11) is 1.65. The van der Waals surface area contributed by atoms with Gasteiger partial charge in [0, 0.05) is 44.5 Å². The average Bonchev–Trinajstić information content (AvgIpc) is 3.20. The Hall–Kier alpha value is -2.87. The second-order valence-corrected chi connectivity index (χ2v) is 6.97. The predicted octanol–water partition coefficient (Wildman–Crippen LogP) is 0.172. The Labute approximate surface area is 157 Å². The highest BCUT2D eigenvalue weighted by Gasteiger charge is 2.43. The van der Waals surface area contributed by atoms with Gasteiger partial charge in [0.1, 0.15) is 17.8 Å². The Morgan fingerprint density at radius 2 is 2.04 bits per heavy atom. The minimum absolute atomic E-state index is 0.0155. The molecule has 1 aromatic carbocycles. The number of rotatable bonds is 5. The molecule has 142 valence electrons. The van der Waals surface area contributed by atoms with Crippen LogP contribution in [0.2, 0.25) is 0 Å². The van der Waals surface area contributed by atoms with Crippen LogP contribution < -0.4 is 10.1 Å². The molecule has 3 heterocycles. The molecule has 8 nitrogen and oxygen atoms in total. The van der Waals surface area contributed by atoms with E-state index in [2.05, 4.69) is 20.2 Å². The van der Waals surface area contributed by atoms with Crippen LogP contribution in [-0.2, 0) is 22.6 Å². The van der Waals surface area contributed by atoms with Crippen molar-refractivity contribution < 1.29 is 14.3 Å². The highest BCUT2D eigenvalue weighted by molar-refractivity contribution is 5.97. The average molecular weight is 369 g/mol. The molecule has 2 aliphatic rings. The Morgan fingerprint density at radius 3 is 2.74 bits per heavy atom. The number of carbonyl (C=O) groups is 2. The van der Waals surface area contributed by atoms with E-state index in [0.717, 1.165) is 30.1 Å². The largest absolute Gasteiger partial charge is 0.497 e. The maximum Gasteiger partial charge on any atom is 0.246 e. The van der Waals surface area contributed by atoms with Gasteiger partial charge >= 0.3 is 0 Å². The molecule has 0 bridgehead atoms. The third kappa shape index (κ3) is 3.66. The number of amides is 2. The van der Waals surface area contributed by atoms with Crippen molar-refractivity contribution in [3.63, 3.8) is 0 Å². The van der Waals surface area contributed by atoms with Gasteiger partial charge in [-0.1, -0.05) is 12.1 Å². The van der Waals surface area contributed by atoms with E-state index >= 15 is 0 Å². The number of aromatic nitrogens is 2. The van der Waals surface area contributed by atoms with E-state index in [1.54, 1.807) is 24.5 Å². The van der Waals surface area contributed by atoms with Crippen LogP contribution in [0.1, 0.15) is 11.3 Å². The van der Waals surface area contributed by atoms with Crippen LogP contribution in [0.15, 0.2) is 36.8 Å². The Kier molecular flexibility index (Phi) is 4.81. The smallest absolute Gasteiger partial charge is 0.246 e. The number of ether oxygens (including phenoxy) is 1. The lowest BCUT2D eigenvalue weighted by molar-refractivity contribution is -0.153. The van der Waals surface area contributed by atoms with Crippen LogP contribution in [0.4, 0.5) is 0 Å². The molecule has 1 aromatic heterocycles. The van der Waals surface area contributed by atoms with Crippen molar-refractivity contribution in [2.45, 2.75) is 25.0 Å². The van der Waals surface area contributed by atoms with Crippen LogP contribution in [0.25, 0.3) is 0 Å². The zero-order valence-corrected chi connectivity index (χ0v) is 15.2. The van der Waals surface area contributed by atoms with Gasteiger partial charge in [0.25, 0.3) is 0 Å². The monoisotopic (exact) mass is 369 g/mol. The highest BCUT2D eigenvalue weighted by Crippen LogP contribution is 2.20. The summed E-state index contributed by atoms with van der Waals surface area (Å²) in [6.07, 6.45) is 3.69. The standard InChI is InChI=1S/C19H23N5O3/c1-27-15-4-2-13(3-5-15)10-23-6-7-24-17(11-23)18(25)22-16(19(24)26)8-14-9-20-12-21-14/h2-5,9,12,16-17H,6-8,10-11H2,1H3,(H,20,21)(H,22,25)/t16-,17+/m0/s1. The maximum absolute atomic E-state index is 12.8. The number of H-pyrrole nitrogens is 1. The minimum Gasteiger partial charge on any atom is -0.497 e. The third-order valence-electron chi connectivity index (χ3n) is 5.21. The number of benzene rings is 1. The van der Waals surface area contributed by atoms with E-state index < -0.39 is 12.1 Å². The van der Waals surface area contributed by atoms with Crippen molar-refractivity contribution in [2.75, 3.05) is 26.7 Å². The lowest BCUT2D eigenvalue weighted by atomic mass is 10.0. The highest BCUT2D eigenvalue weighted by atomic mass is 16.5. The summed E-state index contributed by atoms with van der Waals surface area (Å²) < 4.78 is 5.19. The van der Waals surface area contributed by atoms with Gasteiger partial charge < -0.3 is 19.9 Å². The molecule has 8 heteroatoms. The summed E-state index contributed by atoms with van der Waals surface area (Å²) in [5.41, 5.74) is 1.99. The van der Waals surface area contributed by atoms with Crippen molar-refractivity contribution in [1.29, 1.82) is 0 Å². The molecule has 2 N–H and O–H groups in total. The molecule has 2 aromatic rings. The normalized spacial score (nSPS) is 23.1. The number of fused-ring (bicyclic) bond motifs is 1. The Morgan fingerprint density at radius 1 is 1.22 bits per heavy atom. The Bertz CT molecular complexity index is 805. The summed E-state index contributed by atoms with van der Waals surface area (Å²) in [6.45, 7) is 2.60. The molecular weight excluding hydrogens is 346 g/mol. The summed E-state index contributed by atoms with van der Waals surface area (Å²) in [5, 5.41) is 2.88. The molecule has 0 spiro atoms. The van der Waals surface area contributed by atoms with E-state index in [1.807, 2.05) is 24.3 Å². The van der Waals surface area contributed by atoms with E-state index in [9.17, 15) is 9.59 Å². The van der Waals surface area contributed by atoms with Crippen LogP contribution >= 0.6 is 0 Å². The fourth-order valence-electron chi connectivity index (χ4n) is 3.74. The number of nitrogens with one attached hydrogen (secondary N) is 2. The number of carbonyl (C=O) groups excluding carboxylic acids is 2. The summed E-state index contributed by atoms with van der Waals surface area (Å²) in [5.74, 6) is 0.723. The van der Waals surface area contributed by atoms with Crippen LogP contribution in [-0.4, -0.2) is 70.4 Å². The van der Waals surface area contributed by atoms with Crippen LogP contribution in [0.3, 0.4) is 0 Å². The molecule has 2 amide bonds. The van der Waals surface area contributed by atoms with Gasteiger partial charge in [0.05, 0.1) is 13.4 Å². The zero-order chi connectivity index (χ0) is 18.8. The van der Waals surface area contributed by atoms with Crippen molar-refractivity contribution in [3.8, 4) is 5.75 Å². The van der Waals surface area contributed by atoms with Gasteiger partial charge in [-0.25, -0.2) is 4.98 Å². The SMILES string of the molecule is COc1ccc(CN2CCN3C(=O)[C@H](Cc4cnc[nH]4)NC(=O)[C@H]3C2)cc1. The molecule has 2 aliphatic heterocycles. The number of hydrogen-bond donors (Lipinski definition) is 2. The topological polar surface area (TPSA) is 90.6 Å². The van der Waals surface area contributed by atoms with E-state index in [4.69, 9.17) is 4.74 Å². The molecule has 0 aliphatic carbocycles. The summed E-state index contributed by atoms with van der Waals surface area (Å²) >= 11 is 0. The van der Waals surface area contributed by atoms with Gasteiger partial charge in [-0.05, 0) is 17.7 Å². The van der Waals surface area contributed by atoms with E-state index in [1.165, 1.54) is 0 Å². The number of imidazole rings is 1. The fourth-order valence-corrected chi connectivity index (χ4v) is 3.74. The van der Waals surface area contributed by atoms with Gasteiger partial charge in [0.2, 0.25) is 11.8 Å². The molecule has 4 rings (SSSR count). The van der Waals surface area contributed by atoms with Crippen LogP contribution in [0, 0.1) is 0 Å². The number of hydrogen-bond acceptors (Lipinski definition) is 5. The van der Waals surface area contributed by atoms with Gasteiger partial charge in [0.15, 0.2) is 0 Å². The maximum atomic E-state index is 12.8. The number of piperazine rings is 2. The number of aromatic amines is 1. The van der Waals surface area contributed by atoms with Gasteiger partial charge in [-0.15, -0.1) is 0 Å². The molecule has 2 fully saturated rings. The van der Waals surface area contributed by atoms with E-state index in [-0.39, 0.29) is 11.8 Å². The van der Waals surface area contributed by atoms with Gasteiger partial charge in [-0.3, -0.25) is 14.5 Å². The Balaban J connectivity index is 1.40. The molecule has 0 unspecified atom stereocenters. The molecule has 27 heavy (non-hydrogen) atoms. The van der Waals surface area contributed by atoms with Crippen molar-refractivity contribution in [3.05, 3.63) is 48.0 Å². The molecule has 2 saturated heterocycles. The first-order chi connectivity index (χ1) is 13.1. The third-order valence-corrected chi connectivity index (χ3v) is 5.21. The molecular formula is C19H23N5O3. The quantitative estimate of drug-likeness (QED) is 0.784. The fraction of sp³-hybridized carbons (Fsp3) is 0.421. The lowest BCUT2D eigenvalue weighted by Gasteiger charge is -2.45.